The van der Waals surface area contributed by atoms with Crippen LogP contribution in [0.5, 0.6) is 0 Å². The van der Waals surface area contributed by atoms with Crippen LogP contribution < -0.4 is 5.73 Å². The molecule has 1 nitrogen and oxygen atoms in total. The summed E-state index contributed by atoms with van der Waals surface area (Å²) in [5.41, 5.74) is 10.4. The van der Waals surface area contributed by atoms with E-state index in [4.69, 9.17) is 17.3 Å². The second-order valence-electron chi connectivity index (χ2n) is 4.90. The highest BCUT2D eigenvalue weighted by molar-refractivity contribution is 7.99. The van der Waals surface area contributed by atoms with Gasteiger partial charge in [0.2, 0.25) is 0 Å². The molecule has 2 N–H and O–H groups in total. The molecule has 0 heterocycles. The minimum atomic E-state index is 0.161. The van der Waals surface area contributed by atoms with E-state index in [0.717, 1.165) is 17.2 Å². The third-order valence-corrected chi connectivity index (χ3v) is 5.25. The summed E-state index contributed by atoms with van der Waals surface area (Å²) in [5.74, 6) is 0.990. The summed E-state index contributed by atoms with van der Waals surface area (Å²) in [6.07, 6.45) is 1.08. The fraction of sp³-hybridized carbons (Fsp3) is 0.250. The number of hydrogen-bond acceptors (Lipinski definition) is 2. The Balaban J connectivity index is 1.65. The molecule has 1 aliphatic carbocycles. The van der Waals surface area contributed by atoms with E-state index in [1.807, 2.05) is 23.9 Å². The maximum Gasteiger partial charge on any atom is 0.0421 e. The summed E-state index contributed by atoms with van der Waals surface area (Å²) in [6, 6.07) is 16.7. The van der Waals surface area contributed by atoms with Gasteiger partial charge in [0.05, 0.1) is 0 Å². The van der Waals surface area contributed by atoms with E-state index in [1.165, 1.54) is 16.7 Å². The predicted octanol–water partition coefficient (Wildman–Crippen LogP) is 4.20. The fourth-order valence-corrected chi connectivity index (χ4v) is 3.91. The Labute approximate surface area is 123 Å². The Bertz CT molecular complexity index is 567. The molecular formula is C16H16ClNS. The monoisotopic (exact) mass is 289 g/mol. The zero-order valence-electron chi connectivity index (χ0n) is 10.6. The van der Waals surface area contributed by atoms with Crippen molar-refractivity contribution < 1.29 is 0 Å². The molecule has 98 valence electrons. The average molecular weight is 290 g/mol. The van der Waals surface area contributed by atoms with E-state index in [-0.39, 0.29) is 6.04 Å². The van der Waals surface area contributed by atoms with Crippen molar-refractivity contribution in [3.8, 4) is 0 Å². The molecule has 0 amide bonds. The summed E-state index contributed by atoms with van der Waals surface area (Å²) in [4.78, 5) is 0. The molecule has 3 rings (SSSR count). The van der Waals surface area contributed by atoms with Crippen LogP contribution in [0.1, 0.15) is 22.7 Å². The van der Waals surface area contributed by atoms with Crippen molar-refractivity contribution in [2.75, 3.05) is 0 Å². The van der Waals surface area contributed by atoms with Gasteiger partial charge in [-0.2, -0.15) is 11.8 Å². The highest BCUT2D eigenvalue weighted by Gasteiger charge is 2.29. The number of thioether (sulfide) groups is 1. The van der Waals surface area contributed by atoms with Crippen LogP contribution in [0, 0.1) is 0 Å². The lowest BCUT2D eigenvalue weighted by Gasteiger charge is -2.15. The summed E-state index contributed by atoms with van der Waals surface area (Å²) >= 11 is 7.84. The molecule has 0 aromatic heterocycles. The van der Waals surface area contributed by atoms with Crippen LogP contribution in [0.15, 0.2) is 48.5 Å². The van der Waals surface area contributed by atoms with E-state index in [2.05, 4.69) is 36.4 Å². The van der Waals surface area contributed by atoms with Crippen LogP contribution in [0.2, 0.25) is 5.02 Å². The fourth-order valence-electron chi connectivity index (χ4n) is 2.54. The van der Waals surface area contributed by atoms with Crippen molar-refractivity contribution in [1.29, 1.82) is 0 Å². The van der Waals surface area contributed by atoms with Gasteiger partial charge < -0.3 is 5.73 Å². The first-order chi connectivity index (χ1) is 9.24. The minimum Gasteiger partial charge on any atom is -0.323 e. The van der Waals surface area contributed by atoms with E-state index >= 15 is 0 Å². The molecule has 0 fully saturated rings. The topological polar surface area (TPSA) is 26.0 Å². The van der Waals surface area contributed by atoms with Gasteiger partial charge in [0.25, 0.3) is 0 Å². The first-order valence-corrected chi connectivity index (χ1v) is 7.86. The molecule has 2 aromatic rings. The van der Waals surface area contributed by atoms with Gasteiger partial charge in [0, 0.05) is 22.1 Å². The van der Waals surface area contributed by atoms with Crippen molar-refractivity contribution in [2.45, 2.75) is 23.5 Å². The average Bonchev–Trinajstić information content (AvgIpc) is 2.76. The Morgan fingerprint density at radius 2 is 1.84 bits per heavy atom. The molecular weight excluding hydrogens is 274 g/mol. The highest BCUT2D eigenvalue weighted by atomic mass is 35.5. The van der Waals surface area contributed by atoms with Gasteiger partial charge in [-0.25, -0.2) is 0 Å². The Morgan fingerprint density at radius 3 is 2.58 bits per heavy atom. The summed E-state index contributed by atoms with van der Waals surface area (Å²) < 4.78 is 0. The smallest absolute Gasteiger partial charge is 0.0421 e. The van der Waals surface area contributed by atoms with Crippen molar-refractivity contribution >= 4 is 23.4 Å². The molecule has 2 atom stereocenters. The number of benzene rings is 2. The SMILES string of the molecule is NC1c2ccccc2CC1SCc1ccc(Cl)cc1. The standard InChI is InChI=1S/C16H16ClNS/c17-13-7-5-11(6-8-13)10-19-15-9-12-3-1-2-4-14(12)16(15)18/h1-8,15-16H,9-10,18H2. The molecule has 0 spiro atoms. The van der Waals surface area contributed by atoms with Crippen LogP contribution in [0.4, 0.5) is 0 Å². The van der Waals surface area contributed by atoms with Crippen LogP contribution in [-0.2, 0) is 12.2 Å². The quantitative estimate of drug-likeness (QED) is 0.916. The second kappa shape index (κ2) is 5.58. The normalized spacial score (nSPS) is 21.4. The number of halogens is 1. The van der Waals surface area contributed by atoms with Gasteiger partial charge in [-0.05, 0) is 35.2 Å². The molecule has 0 bridgehead atoms. The first kappa shape index (κ1) is 13.0. The summed E-state index contributed by atoms with van der Waals surface area (Å²) in [5, 5.41) is 1.27. The van der Waals surface area contributed by atoms with Crippen LogP contribution >= 0.6 is 23.4 Å². The zero-order valence-corrected chi connectivity index (χ0v) is 12.1. The molecule has 0 saturated carbocycles. The lowest BCUT2D eigenvalue weighted by Crippen LogP contribution is -2.19. The number of nitrogens with two attached hydrogens (primary N) is 1. The van der Waals surface area contributed by atoms with E-state index in [0.29, 0.717) is 5.25 Å². The van der Waals surface area contributed by atoms with Gasteiger partial charge >= 0.3 is 0 Å². The Morgan fingerprint density at radius 1 is 1.11 bits per heavy atom. The molecule has 2 aromatic carbocycles. The molecule has 0 radical (unpaired) electrons. The third-order valence-electron chi connectivity index (χ3n) is 3.61. The van der Waals surface area contributed by atoms with Crippen LogP contribution in [-0.4, -0.2) is 5.25 Å². The van der Waals surface area contributed by atoms with Gasteiger partial charge in [-0.15, -0.1) is 0 Å². The van der Waals surface area contributed by atoms with Crippen LogP contribution in [0.25, 0.3) is 0 Å². The molecule has 3 heteroatoms. The highest BCUT2D eigenvalue weighted by Crippen LogP contribution is 2.38. The first-order valence-electron chi connectivity index (χ1n) is 6.43. The van der Waals surface area contributed by atoms with Gasteiger partial charge in [0.1, 0.15) is 0 Å². The van der Waals surface area contributed by atoms with Gasteiger partial charge in [-0.3, -0.25) is 0 Å². The maximum absolute atomic E-state index is 6.34. The number of rotatable bonds is 3. The number of fused-ring (bicyclic) bond motifs is 1. The third kappa shape index (κ3) is 2.81. The minimum absolute atomic E-state index is 0.161. The lowest BCUT2D eigenvalue weighted by molar-refractivity contribution is 0.731. The van der Waals surface area contributed by atoms with Crippen molar-refractivity contribution in [3.05, 3.63) is 70.2 Å². The second-order valence-corrected chi connectivity index (χ2v) is 6.57. The van der Waals surface area contributed by atoms with E-state index in [1.54, 1.807) is 0 Å². The zero-order chi connectivity index (χ0) is 13.2. The molecule has 0 aliphatic heterocycles. The van der Waals surface area contributed by atoms with E-state index in [9.17, 15) is 0 Å². The molecule has 19 heavy (non-hydrogen) atoms. The summed E-state index contributed by atoms with van der Waals surface area (Å²) in [6.45, 7) is 0. The molecule has 2 unspecified atom stereocenters. The predicted molar refractivity (Wildman–Crippen MR) is 83.6 cm³/mol. The lowest BCUT2D eigenvalue weighted by atomic mass is 10.1. The van der Waals surface area contributed by atoms with Crippen LogP contribution in [0.3, 0.4) is 0 Å². The maximum atomic E-state index is 6.34. The summed E-state index contributed by atoms with van der Waals surface area (Å²) in [7, 11) is 0. The van der Waals surface area contributed by atoms with Crippen molar-refractivity contribution in [3.63, 3.8) is 0 Å². The van der Waals surface area contributed by atoms with Crippen molar-refractivity contribution in [1.82, 2.24) is 0 Å². The molecule has 1 aliphatic rings. The Hall–Kier alpha value is -0.960. The van der Waals surface area contributed by atoms with Crippen molar-refractivity contribution in [2.24, 2.45) is 5.73 Å². The Kier molecular flexibility index (Phi) is 3.83. The largest absolute Gasteiger partial charge is 0.323 e. The van der Waals surface area contributed by atoms with Gasteiger partial charge in [0.15, 0.2) is 0 Å². The van der Waals surface area contributed by atoms with E-state index < -0.39 is 0 Å². The molecule has 0 saturated heterocycles. The van der Waals surface area contributed by atoms with Gasteiger partial charge in [-0.1, -0.05) is 48.0 Å². The number of hydrogen-bond donors (Lipinski definition) is 1.